The molecule has 1 fully saturated rings. The predicted molar refractivity (Wildman–Crippen MR) is 63.6 cm³/mol. The molecule has 0 aliphatic heterocycles. The number of ketones is 1. The molecule has 2 unspecified atom stereocenters. The highest BCUT2D eigenvalue weighted by Crippen LogP contribution is 2.44. The molecule has 1 rings (SSSR count). The van der Waals surface area contributed by atoms with Gasteiger partial charge in [-0.2, -0.15) is 0 Å². The maximum atomic E-state index is 11.5. The molecule has 0 aromatic rings. The highest BCUT2D eigenvalue weighted by Gasteiger charge is 2.43. The second-order valence-corrected chi connectivity index (χ2v) is 5.13. The Bertz CT molecular complexity index is 272. The van der Waals surface area contributed by atoms with E-state index in [1.807, 2.05) is 6.92 Å². The Hall–Kier alpha value is -0.790. The van der Waals surface area contributed by atoms with E-state index >= 15 is 0 Å². The maximum absolute atomic E-state index is 11.5. The third-order valence-electron chi connectivity index (χ3n) is 4.04. The molecule has 0 heterocycles. The van der Waals surface area contributed by atoms with E-state index in [1.54, 1.807) is 0 Å². The number of nitrogens with zero attached hydrogens (tertiary/aromatic N) is 1. The maximum Gasteiger partial charge on any atom is 0.133 e. The molecular weight excluding hydrogens is 186 g/mol. The van der Waals surface area contributed by atoms with Gasteiger partial charge in [0.05, 0.1) is 0 Å². The summed E-state index contributed by atoms with van der Waals surface area (Å²) in [6, 6.07) is 0. The van der Waals surface area contributed by atoms with Gasteiger partial charge < -0.3 is 4.90 Å². The van der Waals surface area contributed by atoms with Crippen LogP contribution in [0.1, 0.15) is 40.0 Å². The van der Waals surface area contributed by atoms with E-state index in [1.165, 1.54) is 0 Å². The average molecular weight is 209 g/mol. The van der Waals surface area contributed by atoms with Crippen molar-refractivity contribution < 1.29 is 4.79 Å². The standard InChI is InChI=1S/C13H23NO/c1-6-13(9-14(5)10(2)3)8-12(15)7-11(13)4/h11H,2,6-9H2,1,3-5H3. The first-order valence-corrected chi connectivity index (χ1v) is 5.79. The average Bonchev–Trinajstić information content (AvgIpc) is 2.42. The van der Waals surface area contributed by atoms with Crippen molar-refractivity contribution in [2.75, 3.05) is 13.6 Å². The molecule has 0 radical (unpaired) electrons. The molecule has 2 atom stereocenters. The minimum atomic E-state index is 0.185. The summed E-state index contributed by atoms with van der Waals surface area (Å²) in [5.74, 6) is 0.941. The first kappa shape index (κ1) is 12.3. The van der Waals surface area contributed by atoms with Crippen molar-refractivity contribution >= 4 is 5.78 Å². The molecular formula is C13H23NO. The predicted octanol–water partition coefficient (Wildman–Crippen LogP) is 2.85. The Labute approximate surface area is 93.3 Å². The van der Waals surface area contributed by atoms with Crippen LogP contribution in [0.5, 0.6) is 0 Å². The van der Waals surface area contributed by atoms with E-state index in [9.17, 15) is 4.79 Å². The molecule has 1 aliphatic carbocycles. The molecule has 0 aromatic heterocycles. The molecule has 2 heteroatoms. The first-order valence-electron chi connectivity index (χ1n) is 5.79. The first-order chi connectivity index (χ1) is 6.91. The van der Waals surface area contributed by atoms with E-state index in [2.05, 4.69) is 32.4 Å². The van der Waals surface area contributed by atoms with Gasteiger partial charge >= 0.3 is 0 Å². The fourth-order valence-electron chi connectivity index (χ4n) is 2.60. The van der Waals surface area contributed by atoms with E-state index in [0.29, 0.717) is 11.7 Å². The molecule has 0 amide bonds. The van der Waals surface area contributed by atoms with Crippen molar-refractivity contribution in [2.24, 2.45) is 11.3 Å². The van der Waals surface area contributed by atoms with Crippen molar-refractivity contribution in [2.45, 2.75) is 40.0 Å². The van der Waals surface area contributed by atoms with E-state index in [-0.39, 0.29) is 5.41 Å². The minimum Gasteiger partial charge on any atom is -0.378 e. The molecule has 0 aromatic carbocycles. The summed E-state index contributed by atoms with van der Waals surface area (Å²) < 4.78 is 0. The van der Waals surface area contributed by atoms with Gasteiger partial charge in [0.2, 0.25) is 0 Å². The SMILES string of the molecule is C=C(C)N(C)CC1(CC)CC(=O)CC1C. The molecule has 0 N–H and O–H groups in total. The van der Waals surface area contributed by atoms with Gasteiger partial charge in [-0.05, 0) is 24.7 Å². The number of hydrogen-bond acceptors (Lipinski definition) is 2. The van der Waals surface area contributed by atoms with Crippen LogP contribution in [0, 0.1) is 11.3 Å². The minimum absolute atomic E-state index is 0.185. The van der Waals surface area contributed by atoms with Crippen LogP contribution in [0.4, 0.5) is 0 Å². The number of hydrogen-bond donors (Lipinski definition) is 0. The summed E-state index contributed by atoms with van der Waals surface area (Å²) in [6.45, 7) is 11.3. The largest absolute Gasteiger partial charge is 0.378 e. The van der Waals surface area contributed by atoms with Gasteiger partial charge in [0.1, 0.15) is 5.78 Å². The fourth-order valence-corrected chi connectivity index (χ4v) is 2.60. The third kappa shape index (κ3) is 2.42. The summed E-state index contributed by atoms with van der Waals surface area (Å²) in [5.41, 5.74) is 1.26. The summed E-state index contributed by atoms with van der Waals surface area (Å²) in [5, 5.41) is 0. The van der Waals surface area contributed by atoms with Gasteiger partial charge in [-0.15, -0.1) is 0 Å². The van der Waals surface area contributed by atoms with Crippen molar-refractivity contribution in [1.29, 1.82) is 0 Å². The van der Waals surface area contributed by atoms with Crippen LogP contribution in [-0.4, -0.2) is 24.3 Å². The molecule has 2 nitrogen and oxygen atoms in total. The Kier molecular flexibility index (Phi) is 3.58. The lowest BCUT2D eigenvalue weighted by Gasteiger charge is -2.37. The summed E-state index contributed by atoms with van der Waals surface area (Å²) in [4.78, 5) is 13.7. The zero-order chi connectivity index (χ0) is 11.6. The molecule has 1 aliphatic rings. The third-order valence-corrected chi connectivity index (χ3v) is 4.04. The normalized spacial score (nSPS) is 30.7. The van der Waals surface area contributed by atoms with Crippen molar-refractivity contribution in [3.05, 3.63) is 12.3 Å². The fraction of sp³-hybridized carbons (Fsp3) is 0.769. The van der Waals surface area contributed by atoms with Gasteiger partial charge in [-0.1, -0.05) is 20.4 Å². The second kappa shape index (κ2) is 4.38. The highest BCUT2D eigenvalue weighted by atomic mass is 16.1. The van der Waals surface area contributed by atoms with Crippen LogP contribution in [0.3, 0.4) is 0 Å². The topological polar surface area (TPSA) is 20.3 Å². The van der Waals surface area contributed by atoms with Gasteiger partial charge in [-0.3, -0.25) is 4.79 Å². The molecule has 86 valence electrons. The lowest BCUT2D eigenvalue weighted by Crippen LogP contribution is -2.36. The van der Waals surface area contributed by atoms with Crippen molar-refractivity contribution in [3.63, 3.8) is 0 Å². The quantitative estimate of drug-likeness (QED) is 0.709. The van der Waals surface area contributed by atoms with Crippen LogP contribution >= 0.6 is 0 Å². The van der Waals surface area contributed by atoms with Crippen LogP contribution in [0.2, 0.25) is 0 Å². The highest BCUT2D eigenvalue weighted by molar-refractivity contribution is 5.82. The number of carbonyl (C=O) groups is 1. The van der Waals surface area contributed by atoms with Crippen LogP contribution in [0.25, 0.3) is 0 Å². The Morgan fingerprint density at radius 2 is 2.27 bits per heavy atom. The van der Waals surface area contributed by atoms with Gasteiger partial charge in [-0.25, -0.2) is 0 Å². The van der Waals surface area contributed by atoms with E-state index in [4.69, 9.17) is 0 Å². The van der Waals surface area contributed by atoms with E-state index < -0.39 is 0 Å². The molecule has 0 bridgehead atoms. The van der Waals surface area contributed by atoms with Crippen LogP contribution in [0.15, 0.2) is 12.3 Å². The lowest BCUT2D eigenvalue weighted by molar-refractivity contribution is -0.118. The number of carbonyl (C=O) groups excluding carboxylic acids is 1. The molecule has 0 spiro atoms. The second-order valence-electron chi connectivity index (χ2n) is 5.13. The summed E-state index contributed by atoms with van der Waals surface area (Å²) in [7, 11) is 2.06. The van der Waals surface area contributed by atoms with Crippen LogP contribution in [-0.2, 0) is 4.79 Å². The Morgan fingerprint density at radius 3 is 2.60 bits per heavy atom. The Morgan fingerprint density at radius 1 is 1.67 bits per heavy atom. The lowest BCUT2D eigenvalue weighted by atomic mass is 9.76. The monoisotopic (exact) mass is 209 g/mol. The summed E-state index contributed by atoms with van der Waals surface area (Å²) >= 11 is 0. The van der Waals surface area contributed by atoms with Crippen LogP contribution < -0.4 is 0 Å². The molecule has 1 saturated carbocycles. The number of Topliss-reactive ketones (excluding diaryl/α,β-unsaturated/α-hetero) is 1. The molecule has 0 saturated heterocycles. The Balaban J connectivity index is 2.77. The smallest absolute Gasteiger partial charge is 0.133 e. The van der Waals surface area contributed by atoms with Gasteiger partial charge in [0.15, 0.2) is 0 Å². The summed E-state index contributed by atoms with van der Waals surface area (Å²) in [6.07, 6.45) is 2.59. The number of rotatable bonds is 4. The zero-order valence-corrected chi connectivity index (χ0v) is 10.5. The van der Waals surface area contributed by atoms with E-state index in [0.717, 1.165) is 31.5 Å². The van der Waals surface area contributed by atoms with Gasteiger partial charge in [0, 0.05) is 32.1 Å². The van der Waals surface area contributed by atoms with Gasteiger partial charge in [0.25, 0.3) is 0 Å². The number of allylic oxidation sites excluding steroid dienone is 1. The zero-order valence-electron chi connectivity index (χ0n) is 10.5. The van der Waals surface area contributed by atoms with Crippen molar-refractivity contribution in [1.82, 2.24) is 4.90 Å². The molecule has 15 heavy (non-hydrogen) atoms. The van der Waals surface area contributed by atoms with Crippen molar-refractivity contribution in [3.8, 4) is 0 Å².